The van der Waals surface area contributed by atoms with E-state index in [0.29, 0.717) is 6.07 Å². The number of benzene rings is 1. The molecule has 0 saturated carbocycles. The summed E-state index contributed by atoms with van der Waals surface area (Å²) in [7, 11) is 0. The minimum Gasteiger partial charge on any atom is -0.389 e. The van der Waals surface area contributed by atoms with Crippen LogP contribution in [-0.4, -0.2) is 29.2 Å². The highest BCUT2D eigenvalue weighted by atomic mass is 19.2. The Labute approximate surface area is 89.1 Å². The molecule has 1 heterocycles. The predicted octanol–water partition coefficient (Wildman–Crippen LogP) is 1.05. The summed E-state index contributed by atoms with van der Waals surface area (Å²) >= 11 is 0. The molecule has 0 aliphatic carbocycles. The van der Waals surface area contributed by atoms with Crippen LogP contribution >= 0.6 is 0 Å². The molecule has 1 fully saturated rings. The van der Waals surface area contributed by atoms with Crippen LogP contribution in [0.4, 0.5) is 20.2 Å². The van der Waals surface area contributed by atoms with Crippen molar-refractivity contribution in [2.45, 2.75) is 6.10 Å². The molecule has 1 aromatic carbocycles. The second kappa shape index (κ2) is 3.67. The fourth-order valence-electron chi connectivity index (χ4n) is 1.62. The quantitative estimate of drug-likeness (QED) is 0.609. The summed E-state index contributed by atoms with van der Waals surface area (Å²) in [4.78, 5) is 11.1. The summed E-state index contributed by atoms with van der Waals surface area (Å²) in [6, 6.07) is 1.63. The van der Waals surface area contributed by atoms with Crippen LogP contribution in [0, 0.1) is 21.7 Å². The van der Waals surface area contributed by atoms with Crippen molar-refractivity contribution in [3.05, 3.63) is 33.9 Å². The van der Waals surface area contributed by atoms with Crippen molar-refractivity contribution >= 4 is 11.4 Å². The summed E-state index contributed by atoms with van der Waals surface area (Å²) in [6.07, 6.45) is -0.651. The van der Waals surface area contributed by atoms with Crippen molar-refractivity contribution in [1.82, 2.24) is 0 Å². The van der Waals surface area contributed by atoms with Gasteiger partial charge in [-0.15, -0.1) is 0 Å². The first-order valence-corrected chi connectivity index (χ1v) is 4.56. The van der Waals surface area contributed by atoms with E-state index >= 15 is 0 Å². The van der Waals surface area contributed by atoms with Gasteiger partial charge in [0.1, 0.15) is 0 Å². The van der Waals surface area contributed by atoms with Gasteiger partial charge in [0.05, 0.1) is 11.0 Å². The molecule has 2 rings (SSSR count). The van der Waals surface area contributed by atoms with Gasteiger partial charge in [0.15, 0.2) is 17.3 Å². The van der Waals surface area contributed by atoms with Gasteiger partial charge in [0, 0.05) is 19.2 Å². The highest BCUT2D eigenvalue weighted by Crippen LogP contribution is 2.35. The number of aliphatic hydroxyl groups excluding tert-OH is 1. The number of anilines is 1. The Morgan fingerprint density at radius 1 is 1.44 bits per heavy atom. The van der Waals surface area contributed by atoms with E-state index in [1.54, 1.807) is 0 Å². The molecule has 1 saturated heterocycles. The van der Waals surface area contributed by atoms with Crippen LogP contribution in [0.1, 0.15) is 0 Å². The van der Waals surface area contributed by atoms with Crippen LogP contribution < -0.4 is 4.90 Å². The largest absolute Gasteiger partial charge is 0.389 e. The Morgan fingerprint density at radius 2 is 2.06 bits per heavy atom. The van der Waals surface area contributed by atoms with Crippen LogP contribution in [0.2, 0.25) is 0 Å². The molecule has 16 heavy (non-hydrogen) atoms. The highest BCUT2D eigenvalue weighted by Gasteiger charge is 2.33. The monoisotopic (exact) mass is 230 g/mol. The first kappa shape index (κ1) is 10.7. The molecule has 1 N–H and O–H groups in total. The molecule has 0 spiro atoms. The van der Waals surface area contributed by atoms with E-state index in [1.807, 2.05) is 0 Å². The van der Waals surface area contributed by atoms with E-state index in [9.17, 15) is 18.9 Å². The molecule has 5 nitrogen and oxygen atoms in total. The molecule has 0 amide bonds. The van der Waals surface area contributed by atoms with Crippen LogP contribution in [-0.2, 0) is 0 Å². The smallest absolute Gasteiger partial charge is 0.295 e. The van der Waals surface area contributed by atoms with Crippen molar-refractivity contribution in [2.24, 2.45) is 0 Å². The van der Waals surface area contributed by atoms with Crippen LogP contribution in [0.3, 0.4) is 0 Å². The summed E-state index contributed by atoms with van der Waals surface area (Å²) in [5.41, 5.74) is -0.888. The highest BCUT2D eigenvalue weighted by molar-refractivity contribution is 5.65. The van der Waals surface area contributed by atoms with E-state index in [4.69, 9.17) is 5.11 Å². The first-order valence-electron chi connectivity index (χ1n) is 4.56. The zero-order valence-corrected chi connectivity index (χ0v) is 8.06. The van der Waals surface area contributed by atoms with Crippen molar-refractivity contribution in [3.8, 4) is 0 Å². The molecule has 0 aromatic heterocycles. The van der Waals surface area contributed by atoms with Crippen molar-refractivity contribution in [1.29, 1.82) is 0 Å². The van der Waals surface area contributed by atoms with Gasteiger partial charge in [-0.3, -0.25) is 10.1 Å². The molecular weight excluding hydrogens is 222 g/mol. The van der Waals surface area contributed by atoms with Crippen LogP contribution in [0.15, 0.2) is 12.1 Å². The third-order valence-electron chi connectivity index (χ3n) is 2.42. The second-order valence-corrected chi connectivity index (χ2v) is 3.55. The molecule has 0 unspecified atom stereocenters. The van der Waals surface area contributed by atoms with Crippen molar-refractivity contribution in [3.63, 3.8) is 0 Å². The van der Waals surface area contributed by atoms with Crippen molar-refractivity contribution in [2.75, 3.05) is 18.0 Å². The number of halogens is 2. The summed E-state index contributed by atoms with van der Waals surface area (Å²) in [5.74, 6) is -2.39. The minimum atomic E-state index is -1.25. The molecule has 0 bridgehead atoms. The number of nitro benzene ring substituents is 1. The molecule has 1 aliphatic rings. The lowest BCUT2D eigenvalue weighted by Crippen LogP contribution is -2.51. The Balaban J connectivity index is 2.47. The van der Waals surface area contributed by atoms with E-state index in [-0.39, 0.29) is 13.1 Å². The third-order valence-corrected chi connectivity index (χ3v) is 2.42. The molecule has 86 valence electrons. The topological polar surface area (TPSA) is 66.6 Å². The van der Waals surface area contributed by atoms with Gasteiger partial charge in [0.25, 0.3) is 5.69 Å². The van der Waals surface area contributed by atoms with Gasteiger partial charge in [0.2, 0.25) is 0 Å². The molecule has 1 aromatic rings. The summed E-state index contributed by atoms with van der Waals surface area (Å²) in [5, 5.41) is 19.7. The number of hydrogen-bond acceptors (Lipinski definition) is 4. The van der Waals surface area contributed by atoms with Gasteiger partial charge in [-0.1, -0.05) is 0 Å². The number of nitrogens with zero attached hydrogens (tertiary/aromatic N) is 2. The van der Waals surface area contributed by atoms with E-state index in [2.05, 4.69) is 0 Å². The average molecular weight is 230 g/mol. The maximum atomic E-state index is 13.4. The minimum absolute atomic E-state index is 0.0706. The van der Waals surface area contributed by atoms with E-state index < -0.39 is 34.0 Å². The van der Waals surface area contributed by atoms with Gasteiger partial charge < -0.3 is 10.0 Å². The number of nitro groups is 1. The lowest BCUT2D eigenvalue weighted by molar-refractivity contribution is -0.384. The lowest BCUT2D eigenvalue weighted by atomic mass is 10.1. The zero-order chi connectivity index (χ0) is 11.9. The summed E-state index contributed by atoms with van der Waals surface area (Å²) < 4.78 is 26.4. The number of hydrogen-bond donors (Lipinski definition) is 1. The lowest BCUT2D eigenvalue weighted by Gasteiger charge is -2.37. The van der Waals surface area contributed by atoms with Gasteiger partial charge in [-0.05, 0) is 6.07 Å². The van der Waals surface area contributed by atoms with E-state index in [1.165, 1.54) is 4.90 Å². The molecule has 7 heteroatoms. The fraction of sp³-hybridized carbons (Fsp3) is 0.333. The number of aliphatic hydroxyl groups is 1. The van der Waals surface area contributed by atoms with Gasteiger partial charge in [-0.2, -0.15) is 0 Å². The second-order valence-electron chi connectivity index (χ2n) is 3.55. The standard InChI is InChI=1S/C9H8F2N2O3/c10-6-1-2-7(13(15)16)9(8(6)11)12-3-5(14)4-12/h1-2,5,14H,3-4H2. The normalized spacial score (nSPS) is 16.1. The predicted molar refractivity (Wildman–Crippen MR) is 51.2 cm³/mol. The number of β-amino-alcohol motifs (C(OH)–C–C–N with tert-alkyl or cyclic N) is 1. The molecule has 0 radical (unpaired) electrons. The third kappa shape index (κ3) is 1.58. The SMILES string of the molecule is O=[N+]([O-])c1ccc(F)c(F)c1N1CC(O)C1. The van der Waals surface area contributed by atoms with Crippen molar-refractivity contribution < 1.29 is 18.8 Å². The first-order chi connectivity index (χ1) is 7.50. The molecule has 0 atom stereocenters. The zero-order valence-electron chi connectivity index (χ0n) is 8.06. The molecular formula is C9H8F2N2O3. The summed E-state index contributed by atoms with van der Waals surface area (Å²) in [6.45, 7) is 0.141. The van der Waals surface area contributed by atoms with Crippen LogP contribution in [0.25, 0.3) is 0 Å². The Hall–Kier alpha value is -1.76. The fourth-order valence-corrected chi connectivity index (χ4v) is 1.62. The Morgan fingerprint density at radius 3 is 2.56 bits per heavy atom. The Bertz CT molecular complexity index is 447. The van der Waals surface area contributed by atoms with Gasteiger partial charge in [-0.25, -0.2) is 8.78 Å². The van der Waals surface area contributed by atoms with Crippen LogP contribution in [0.5, 0.6) is 0 Å². The number of rotatable bonds is 2. The Kier molecular flexibility index (Phi) is 2.47. The maximum absolute atomic E-state index is 13.4. The van der Waals surface area contributed by atoms with E-state index in [0.717, 1.165) is 6.07 Å². The average Bonchev–Trinajstić information content (AvgIpc) is 2.17. The maximum Gasteiger partial charge on any atom is 0.295 e. The molecule has 1 aliphatic heterocycles. The van der Waals surface area contributed by atoms with Gasteiger partial charge >= 0.3 is 0 Å².